The fraction of sp³-hybridized carbons (Fsp3) is 0.304. The second kappa shape index (κ2) is 12.1. The first-order valence-corrected chi connectivity index (χ1v) is 11.7. The minimum Gasteiger partial charge on any atom is -0.445 e. The van der Waals surface area contributed by atoms with E-state index in [-0.39, 0.29) is 42.6 Å². The summed E-state index contributed by atoms with van der Waals surface area (Å²) >= 11 is 16.3. The normalized spacial score (nSPS) is 17.2. The third kappa shape index (κ3) is 6.88. The maximum atomic E-state index is 12.5. The van der Waals surface area contributed by atoms with E-state index in [9.17, 15) is 14.4 Å². The number of carbonyl (C=O) groups excluding carboxylic acids is 3. The van der Waals surface area contributed by atoms with Crippen molar-refractivity contribution in [3.05, 3.63) is 76.0 Å². The molecule has 8 nitrogen and oxygen atoms in total. The Morgan fingerprint density at radius 3 is 2.65 bits per heavy atom. The van der Waals surface area contributed by atoms with E-state index in [0.29, 0.717) is 28.6 Å². The van der Waals surface area contributed by atoms with Crippen LogP contribution in [0.4, 0.5) is 4.79 Å². The largest absolute Gasteiger partial charge is 0.445 e. The third-order valence-corrected chi connectivity index (χ3v) is 6.26. The number of hydrogen-bond donors (Lipinski definition) is 3. The summed E-state index contributed by atoms with van der Waals surface area (Å²) in [7, 11) is 0. The molecular formula is C23H24Cl2N4O4S. The highest BCUT2D eigenvalue weighted by molar-refractivity contribution is 7.81. The average Bonchev–Trinajstić information content (AvgIpc) is 3.22. The molecule has 1 aliphatic rings. The van der Waals surface area contributed by atoms with Crippen LogP contribution in [0.2, 0.25) is 10.0 Å². The van der Waals surface area contributed by atoms with Gasteiger partial charge in [0.15, 0.2) is 0 Å². The van der Waals surface area contributed by atoms with Crippen molar-refractivity contribution < 1.29 is 19.1 Å². The maximum Gasteiger partial charge on any atom is 0.410 e. The molecule has 0 bridgehead atoms. The van der Waals surface area contributed by atoms with E-state index < -0.39 is 12.0 Å². The first kappa shape index (κ1) is 25.9. The van der Waals surface area contributed by atoms with Crippen molar-refractivity contribution in [2.24, 2.45) is 0 Å². The number of halogens is 2. The summed E-state index contributed by atoms with van der Waals surface area (Å²) in [6, 6.07) is 7.85. The molecule has 1 saturated heterocycles. The van der Waals surface area contributed by atoms with Gasteiger partial charge in [0.25, 0.3) is 11.8 Å². The number of likely N-dealkylation sites (tertiary alicyclic amines) is 1. The molecule has 1 aromatic carbocycles. The second-order valence-electron chi connectivity index (χ2n) is 7.63. The Hall–Kier alpha value is -2.75. The number of benzene rings is 1. The van der Waals surface area contributed by atoms with Gasteiger partial charge in [-0.2, -0.15) is 12.6 Å². The van der Waals surface area contributed by atoms with Gasteiger partial charge in [0, 0.05) is 31.1 Å². The van der Waals surface area contributed by atoms with Crippen molar-refractivity contribution in [3.8, 4) is 0 Å². The molecule has 3 rings (SSSR count). The van der Waals surface area contributed by atoms with Gasteiger partial charge < -0.3 is 20.3 Å². The zero-order chi connectivity index (χ0) is 24.7. The van der Waals surface area contributed by atoms with Gasteiger partial charge >= 0.3 is 6.09 Å². The zero-order valence-corrected chi connectivity index (χ0v) is 20.6. The first-order valence-electron chi connectivity index (χ1n) is 10.5. The van der Waals surface area contributed by atoms with E-state index in [1.165, 1.54) is 24.4 Å². The number of amides is 3. The lowest BCUT2D eigenvalue weighted by Gasteiger charge is -2.23. The molecule has 0 aliphatic carbocycles. The van der Waals surface area contributed by atoms with Crippen LogP contribution in [-0.2, 0) is 11.3 Å². The summed E-state index contributed by atoms with van der Waals surface area (Å²) in [5.41, 5.74) is 1.26. The number of hydrogen-bond acceptors (Lipinski definition) is 6. The summed E-state index contributed by atoms with van der Waals surface area (Å²) in [5.74, 6) is -0.755. The minimum atomic E-state index is -0.468. The van der Waals surface area contributed by atoms with Gasteiger partial charge in [-0.15, -0.1) is 0 Å². The molecule has 0 spiro atoms. The first-order chi connectivity index (χ1) is 16.3. The Morgan fingerprint density at radius 2 is 1.97 bits per heavy atom. The van der Waals surface area contributed by atoms with Crippen LogP contribution in [0.3, 0.4) is 0 Å². The SMILES string of the molecule is C=CCOC(=O)N1C[C@@H](S)C[C@H]1CNC(=O)c1ccc(C(=O)NCc2ccc(Cl)c(Cl)c2)cn1. The lowest BCUT2D eigenvalue weighted by molar-refractivity contribution is 0.0906. The average molecular weight is 523 g/mol. The van der Waals surface area contributed by atoms with E-state index in [0.717, 1.165) is 5.56 Å². The number of aromatic nitrogens is 1. The fourth-order valence-corrected chi connectivity index (χ4v) is 4.16. The molecule has 0 radical (unpaired) electrons. The van der Waals surface area contributed by atoms with E-state index in [4.69, 9.17) is 27.9 Å². The lowest BCUT2D eigenvalue weighted by atomic mass is 10.2. The van der Waals surface area contributed by atoms with Crippen molar-refractivity contribution in [1.29, 1.82) is 0 Å². The predicted octanol–water partition coefficient (Wildman–Crippen LogP) is 3.74. The summed E-state index contributed by atoms with van der Waals surface area (Å²) < 4.78 is 5.10. The molecule has 34 heavy (non-hydrogen) atoms. The quantitative estimate of drug-likeness (QED) is 0.362. The summed E-state index contributed by atoms with van der Waals surface area (Å²) in [4.78, 5) is 42.7. The number of pyridine rings is 1. The summed E-state index contributed by atoms with van der Waals surface area (Å²) in [6.45, 7) is 4.56. The standard InChI is InChI=1S/C23H24Cl2N4O4S/c1-2-7-33-23(32)29-13-17(34)9-16(29)12-28-22(31)20-6-4-15(11-26-20)21(30)27-10-14-3-5-18(24)19(25)8-14/h2-6,8,11,16-17,34H,1,7,9-10,12-13H2,(H,27,30)(H,28,31)/t16-,17-/m0/s1. The number of thiol groups is 1. The van der Waals surface area contributed by atoms with Crippen molar-refractivity contribution >= 4 is 53.7 Å². The molecule has 0 saturated carbocycles. The van der Waals surface area contributed by atoms with Gasteiger partial charge in [-0.25, -0.2) is 4.79 Å². The summed E-state index contributed by atoms with van der Waals surface area (Å²) in [5, 5.41) is 6.39. The monoisotopic (exact) mass is 522 g/mol. The Labute approximate surface area is 213 Å². The second-order valence-corrected chi connectivity index (χ2v) is 9.18. The minimum absolute atomic E-state index is 0.00185. The molecule has 2 heterocycles. The highest BCUT2D eigenvalue weighted by Gasteiger charge is 2.34. The lowest BCUT2D eigenvalue weighted by Crippen LogP contribution is -2.43. The Kier molecular flexibility index (Phi) is 9.20. The summed E-state index contributed by atoms with van der Waals surface area (Å²) in [6.07, 6.45) is 2.98. The molecule has 180 valence electrons. The molecule has 11 heteroatoms. The predicted molar refractivity (Wildman–Crippen MR) is 134 cm³/mol. The molecule has 1 aromatic heterocycles. The molecule has 3 amide bonds. The van der Waals surface area contributed by atoms with Crippen molar-refractivity contribution in [1.82, 2.24) is 20.5 Å². The van der Waals surface area contributed by atoms with Gasteiger partial charge in [-0.05, 0) is 36.2 Å². The van der Waals surface area contributed by atoms with Gasteiger partial charge in [0.05, 0.1) is 21.7 Å². The Morgan fingerprint density at radius 1 is 1.18 bits per heavy atom. The van der Waals surface area contributed by atoms with Crippen LogP contribution < -0.4 is 10.6 Å². The molecule has 2 aromatic rings. The van der Waals surface area contributed by atoms with E-state index >= 15 is 0 Å². The number of carbonyl (C=O) groups is 3. The van der Waals surface area contributed by atoms with Crippen molar-refractivity contribution in [2.75, 3.05) is 19.7 Å². The molecule has 1 fully saturated rings. The molecular weight excluding hydrogens is 499 g/mol. The number of nitrogens with one attached hydrogen (secondary N) is 2. The molecule has 1 aliphatic heterocycles. The molecule has 2 atom stereocenters. The topological polar surface area (TPSA) is 101 Å². The van der Waals surface area contributed by atoms with Gasteiger partial charge in [0.2, 0.25) is 0 Å². The van der Waals surface area contributed by atoms with Crippen molar-refractivity contribution in [2.45, 2.75) is 24.3 Å². The van der Waals surface area contributed by atoms with Gasteiger partial charge in [-0.3, -0.25) is 14.6 Å². The van der Waals surface area contributed by atoms with Crippen LogP contribution in [0.15, 0.2) is 49.2 Å². The van der Waals surface area contributed by atoms with Crippen LogP contribution in [0.25, 0.3) is 0 Å². The molecule has 0 unspecified atom stereocenters. The van der Waals surface area contributed by atoms with Crippen LogP contribution in [0.5, 0.6) is 0 Å². The zero-order valence-electron chi connectivity index (χ0n) is 18.2. The van der Waals surface area contributed by atoms with E-state index in [1.54, 1.807) is 23.1 Å². The van der Waals surface area contributed by atoms with Gasteiger partial charge in [-0.1, -0.05) is 41.9 Å². The van der Waals surface area contributed by atoms with E-state index in [2.05, 4.69) is 34.8 Å². The van der Waals surface area contributed by atoms with Crippen LogP contribution in [-0.4, -0.2) is 58.8 Å². The van der Waals surface area contributed by atoms with E-state index in [1.807, 2.05) is 0 Å². The highest BCUT2D eigenvalue weighted by Crippen LogP contribution is 2.23. The Balaban J connectivity index is 1.52. The maximum absolute atomic E-state index is 12.5. The number of ether oxygens (including phenoxy) is 1. The number of rotatable bonds is 8. The third-order valence-electron chi connectivity index (χ3n) is 5.15. The van der Waals surface area contributed by atoms with Crippen molar-refractivity contribution in [3.63, 3.8) is 0 Å². The highest BCUT2D eigenvalue weighted by atomic mass is 35.5. The van der Waals surface area contributed by atoms with Crippen LogP contribution in [0, 0.1) is 0 Å². The smallest absolute Gasteiger partial charge is 0.410 e. The number of nitrogens with zero attached hydrogens (tertiary/aromatic N) is 2. The van der Waals surface area contributed by atoms with Crippen LogP contribution in [0.1, 0.15) is 32.8 Å². The fourth-order valence-electron chi connectivity index (χ4n) is 3.42. The van der Waals surface area contributed by atoms with Crippen LogP contribution >= 0.6 is 35.8 Å². The molecule has 2 N–H and O–H groups in total. The Bertz CT molecular complexity index is 1070. The van der Waals surface area contributed by atoms with Gasteiger partial charge in [0.1, 0.15) is 12.3 Å².